The van der Waals surface area contributed by atoms with Gasteiger partial charge in [0.2, 0.25) is 0 Å². The first-order valence-electron chi connectivity index (χ1n) is 6.59. The van der Waals surface area contributed by atoms with Crippen LogP contribution in [0.25, 0.3) is 0 Å². The summed E-state index contributed by atoms with van der Waals surface area (Å²) in [5.74, 6) is 0.852. The summed E-state index contributed by atoms with van der Waals surface area (Å²) in [4.78, 5) is 14.9. The minimum atomic E-state index is 0.252. The summed E-state index contributed by atoms with van der Waals surface area (Å²) < 4.78 is 0. The van der Waals surface area contributed by atoms with Crippen LogP contribution in [0.5, 0.6) is 0 Å². The third-order valence-electron chi connectivity index (χ3n) is 3.29. The maximum Gasteiger partial charge on any atom is 0.149 e. The highest BCUT2D eigenvalue weighted by Gasteiger charge is 2.23. The summed E-state index contributed by atoms with van der Waals surface area (Å²) in [5.41, 5.74) is 0. The quantitative estimate of drug-likeness (QED) is 0.692. The standard InChI is InChI=1S/C12H21N5O/c18-8-2-1-3-11(12-15-9-14-10-16-12)17-6-4-13-5-7-17/h9-11,13,18H,1-8H2. The predicted octanol–water partition coefficient (Wildman–Crippen LogP) is -0.0195. The lowest BCUT2D eigenvalue weighted by Gasteiger charge is -2.33. The molecule has 6 nitrogen and oxygen atoms in total. The minimum absolute atomic E-state index is 0.252. The van der Waals surface area contributed by atoms with Crippen molar-refractivity contribution in [1.82, 2.24) is 25.2 Å². The number of hydrogen-bond donors (Lipinski definition) is 2. The van der Waals surface area contributed by atoms with Gasteiger partial charge in [-0.05, 0) is 19.3 Å². The fourth-order valence-corrected chi connectivity index (χ4v) is 2.34. The van der Waals surface area contributed by atoms with E-state index < -0.39 is 0 Å². The largest absolute Gasteiger partial charge is 0.396 e. The van der Waals surface area contributed by atoms with E-state index in [1.807, 2.05) is 0 Å². The van der Waals surface area contributed by atoms with E-state index in [-0.39, 0.29) is 12.6 Å². The maximum absolute atomic E-state index is 8.90. The van der Waals surface area contributed by atoms with Crippen LogP contribution in [0, 0.1) is 0 Å². The third kappa shape index (κ3) is 3.69. The van der Waals surface area contributed by atoms with Crippen LogP contribution in [0.2, 0.25) is 0 Å². The molecule has 2 N–H and O–H groups in total. The number of piperazine rings is 1. The van der Waals surface area contributed by atoms with Crippen LogP contribution in [-0.2, 0) is 0 Å². The lowest BCUT2D eigenvalue weighted by molar-refractivity contribution is 0.153. The average molecular weight is 251 g/mol. The Hall–Kier alpha value is -1.11. The molecule has 1 aromatic heterocycles. The Bertz CT molecular complexity index is 328. The first kappa shape index (κ1) is 13.3. The van der Waals surface area contributed by atoms with Crippen LogP contribution in [0.4, 0.5) is 0 Å². The summed E-state index contributed by atoms with van der Waals surface area (Å²) in [6, 6.07) is 0.252. The molecule has 1 saturated heterocycles. The highest BCUT2D eigenvalue weighted by Crippen LogP contribution is 2.23. The molecule has 2 heterocycles. The third-order valence-corrected chi connectivity index (χ3v) is 3.29. The van der Waals surface area contributed by atoms with Crippen molar-refractivity contribution >= 4 is 0 Å². The van der Waals surface area contributed by atoms with Gasteiger partial charge >= 0.3 is 0 Å². The van der Waals surface area contributed by atoms with E-state index in [1.54, 1.807) is 12.7 Å². The zero-order valence-electron chi connectivity index (χ0n) is 10.6. The number of nitrogens with zero attached hydrogens (tertiary/aromatic N) is 4. The minimum Gasteiger partial charge on any atom is -0.396 e. The Morgan fingerprint density at radius 1 is 1.22 bits per heavy atom. The normalized spacial score (nSPS) is 18.7. The van der Waals surface area contributed by atoms with E-state index in [1.165, 1.54) is 0 Å². The smallest absolute Gasteiger partial charge is 0.149 e. The molecule has 0 aliphatic carbocycles. The lowest BCUT2D eigenvalue weighted by atomic mass is 10.1. The molecule has 1 unspecified atom stereocenters. The van der Waals surface area contributed by atoms with E-state index in [0.29, 0.717) is 0 Å². The molecule has 1 atom stereocenters. The van der Waals surface area contributed by atoms with Crippen molar-refractivity contribution in [3.63, 3.8) is 0 Å². The summed E-state index contributed by atoms with van der Waals surface area (Å²) >= 11 is 0. The fourth-order valence-electron chi connectivity index (χ4n) is 2.34. The van der Waals surface area contributed by atoms with Gasteiger partial charge in [0.05, 0.1) is 6.04 Å². The van der Waals surface area contributed by atoms with Crippen molar-refractivity contribution in [2.24, 2.45) is 0 Å². The monoisotopic (exact) mass is 251 g/mol. The van der Waals surface area contributed by atoms with Crippen molar-refractivity contribution in [2.45, 2.75) is 25.3 Å². The Labute approximate surface area is 107 Å². The van der Waals surface area contributed by atoms with Gasteiger partial charge in [-0.25, -0.2) is 15.0 Å². The van der Waals surface area contributed by atoms with Crippen LogP contribution in [0.15, 0.2) is 12.7 Å². The van der Waals surface area contributed by atoms with E-state index >= 15 is 0 Å². The molecule has 0 spiro atoms. The van der Waals surface area contributed by atoms with Gasteiger partial charge in [-0.2, -0.15) is 0 Å². The number of unbranched alkanes of at least 4 members (excludes halogenated alkanes) is 1. The van der Waals surface area contributed by atoms with Gasteiger partial charge in [0.1, 0.15) is 18.5 Å². The Kier molecular flexibility index (Phi) is 5.44. The van der Waals surface area contributed by atoms with E-state index in [2.05, 4.69) is 25.2 Å². The Morgan fingerprint density at radius 2 is 1.94 bits per heavy atom. The van der Waals surface area contributed by atoms with Gasteiger partial charge < -0.3 is 10.4 Å². The van der Waals surface area contributed by atoms with Gasteiger partial charge in [0.25, 0.3) is 0 Å². The highest BCUT2D eigenvalue weighted by molar-refractivity contribution is 4.94. The molecule has 1 aliphatic rings. The Morgan fingerprint density at radius 3 is 2.61 bits per heavy atom. The molecule has 0 bridgehead atoms. The highest BCUT2D eigenvalue weighted by atomic mass is 16.2. The molecule has 100 valence electrons. The summed E-state index contributed by atoms with van der Waals surface area (Å²) in [5, 5.41) is 12.2. The van der Waals surface area contributed by atoms with Gasteiger partial charge in [0, 0.05) is 32.8 Å². The van der Waals surface area contributed by atoms with Crippen molar-refractivity contribution < 1.29 is 5.11 Å². The number of aliphatic hydroxyl groups excluding tert-OH is 1. The number of aliphatic hydroxyl groups is 1. The van der Waals surface area contributed by atoms with E-state index in [9.17, 15) is 0 Å². The molecule has 18 heavy (non-hydrogen) atoms. The second-order valence-corrected chi connectivity index (χ2v) is 4.52. The van der Waals surface area contributed by atoms with Crippen molar-refractivity contribution in [2.75, 3.05) is 32.8 Å². The van der Waals surface area contributed by atoms with Gasteiger partial charge in [0.15, 0.2) is 0 Å². The zero-order chi connectivity index (χ0) is 12.6. The topological polar surface area (TPSA) is 74.2 Å². The summed E-state index contributed by atoms with van der Waals surface area (Å²) in [6.07, 6.45) is 5.95. The molecule has 1 aromatic rings. The van der Waals surface area contributed by atoms with Crippen molar-refractivity contribution in [3.8, 4) is 0 Å². The van der Waals surface area contributed by atoms with E-state index in [4.69, 9.17) is 5.11 Å². The maximum atomic E-state index is 8.90. The van der Waals surface area contributed by atoms with Gasteiger partial charge in [-0.15, -0.1) is 0 Å². The second kappa shape index (κ2) is 7.35. The van der Waals surface area contributed by atoms with Crippen molar-refractivity contribution in [3.05, 3.63) is 18.5 Å². The van der Waals surface area contributed by atoms with Crippen LogP contribution in [-0.4, -0.2) is 57.7 Å². The molecule has 2 rings (SSSR count). The number of nitrogens with one attached hydrogen (secondary N) is 1. The lowest BCUT2D eigenvalue weighted by Crippen LogP contribution is -2.45. The number of aromatic nitrogens is 3. The molecule has 1 aliphatic heterocycles. The van der Waals surface area contributed by atoms with Crippen LogP contribution >= 0.6 is 0 Å². The number of rotatable bonds is 6. The second-order valence-electron chi connectivity index (χ2n) is 4.52. The summed E-state index contributed by atoms with van der Waals surface area (Å²) in [6.45, 7) is 4.33. The molecule has 0 amide bonds. The fraction of sp³-hybridized carbons (Fsp3) is 0.750. The molecule has 0 saturated carbocycles. The first-order chi connectivity index (χ1) is 8.92. The van der Waals surface area contributed by atoms with Gasteiger partial charge in [-0.1, -0.05) is 0 Å². The molecular formula is C12H21N5O. The zero-order valence-corrected chi connectivity index (χ0v) is 10.6. The van der Waals surface area contributed by atoms with Gasteiger partial charge in [-0.3, -0.25) is 4.90 Å². The average Bonchev–Trinajstić information content (AvgIpc) is 2.46. The van der Waals surface area contributed by atoms with Crippen LogP contribution in [0.1, 0.15) is 31.1 Å². The van der Waals surface area contributed by atoms with Crippen molar-refractivity contribution in [1.29, 1.82) is 0 Å². The molecular weight excluding hydrogens is 230 g/mol. The predicted molar refractivity (Wildman–Crippen MR) is 67.9 cm³/mol. The molecule has 0 radical (unpaired) electrons. The Balaban J connectivity index is 2.01. The van der Waals surface area contributed by atoms with Crippen LogP contribution < -0.4 is 5.32 Å². The number of hydrogen-bond acceptors (Lipinski definition) is 6. The summed E-state index contributed by atoms with van der Waals surface area (Å²) in [7, 11) is 0. The first-order valence-corrected chi connectivity index (χ1v) is 6.59. The van der Waals surface area contributed by atoms with Crippen LogP contribution in [0.3, 0.4) is 0 Å². The van der Waals surface area contributed by atoms with E-state index in [0.717, 1.165) is 51.3 Å². The molecule has 0 aromatic carbocycles. The molecule has 1 fully saturated rings. The SMILES string of the molecule is OCCCCC(c1ncncn1)N1CCNCC1. The molecule has 6 heteroatoms.